The summed E-state index contributed by atoms with van der Waals surface area (Å²) in [7, 11) is 1.02. The van der Waals surface area contributed by atoms with Crippen LogP contribution in [-0.4, -0.2) is 72.8 Å². The molecule has 0 saturated carbocycles. The van der Waals surface area contributed by atoms with Crippen LogP contribution in [0.4, 0.5) is 0 Å². The molecule has 230 valence electrons. The van der Waals surface area contributed by atoms with Crippen molar-refractivity contribution in [1.82, 2.24) is 19.3 Å². The van der Waals surface area contributed by atoms with E-state index in [1.807, 2.05) is 38.1 Å². The summed E-state index contributed by atoms with van der Waals surface area (Å²) in [4.78, 5) is 12.1. The van der Waals surface area contributed by atoms with Gasteiger partial charge in [0.1, 0.15) is 29.1 Å². The third-order valence-corrected chi connectivity index (χ3v) is 9.05. The fraction of sp³-hybridized carbons (Fsp3) is 0.387. The maximum atomic E-state index is 13.4. The number of aliphatic carboxylic acids is 1. The number of hydrogen-bond donors (Lipinski definition) is 1. The summed E-state index contributed by atoms with van der Waals surface area (Å²) in [6, 6.07) is 15.6. The molecular formula is C31H38N4O7S. The van der Waals surface area contributed by atoms with Crippen LogP contribution in [0.25, 0.3) is 11.0 Å². The summed E-state index contributed by atoms with van der Waals surface area (Å²) in [5.41, 5.74) is 4.39. The Balaban J connectivity index is 1.57. The zero-order chi connectivity index (χ0) is 31.1. The number of methoxy groups -OCH3 is 1. The number of fused-ring (bicyclic) bond motifs is 1. The van der Waals surface area contributed by atoms with Crippen LogP contribution in [0.15, 0.2) is 59.5 Å². The van der Waals surface area contributed by atoms with E-state index in [0.717, 1.165) is 23.1 Å². The summed E-state index contributed by atoms with van der Waals surface area (Å²) in [5.74, 6) is -0.397. The van der Waals surface area contributed by atoms with Crippen molar-refractivity contribution in [2.24, 2.45) is 7.05 Å². The third kappa shape index (κ3) is 7.51. The van der Waals surface area contributed by atoms with Gasteiger partial charge in [0, 0.05) is 33.2 Å². The highest BCUT2D eigenvalue weighted by atomic mass is 32.2. The first-order valence-electron chi connectivity index (χ1n) is 14.0. The van der Waals surface area contributed by atoms with Crippen LogP contribution in [0.1, 0.15) is 47.9 Å². The molecule has 3 aromatic carbocycles. The largest absolute Gasteiger partial charge is 0.494 e. The van der Waals surface area contributed by atoms with Crippen LogP contribution in [-0.2, 0) is 33.1 Å². The molecule has 0 bridgehead atoms. The number of aryl methyl sites for hydroxylation is 2. The summed E-state index contributed by atoms with van der Waals surface area (Å²) >= 11 is 0. The van der Waals surface area contributed by atoms with Crippen LogP contribution in [0.3, 0.4) is 0 Å². The molecule has 11 nitrogen and oxygen atoms in total. The number of carboxylic acid groups (broad SMARTS) is 1. The number of carbonyl (C=O) groups is 1. The van der Waals surface area contributed by atoms with Crippen molar-refractivity contribution in [2.75, 3.05) is 34.0 Å². The van der Waals surface area contributed by atoms with E-state index < -0.39 is 21.9 Å². The normalized spacial score (nSPS) is 12.5. The van der Waals surface area contributed by atoms with Gasteiger partial charge in [0.25, 0.3) is 0 Å². The Kier molecular flexibility index (Phi) is 10.4. The number of aromatic nitrogens is 3. The zero-order valence-corrected chi connectivity index (χ0v) is 25.9. The minimum Gasteiger partial charge on any atom is -0.494 e. The quantitative estimate of drug-likeness (QED) is 0.193. The average molecular weight is 611 g/mol. The van der Waals surface area contributed by atoms with E-state index in [-0.39, 0.29) is 17.9 Å². The molecule has 1 aromatic heterocycles. The molecule has 4 aromatic rings. The number of nitrogens with zero attached hydrogens (tertiary/aromatic N) is 4. The van der Waals surface area contributed by atoms with E-state index in [2.05, 4.69) is 10.3 Å². The highest BCUT2D eigenvalue weighted by Crippen LogP contribution is 2.35. The lowest BCUT2D eigenvalue weighted by atomic mass is 9.86. The lowest BCUT2D eigenvalue weighted by Crippen LogP contribution is -2.27. The molecule has 1 atom stereocenters. The van der Waals surface area contributed by atoms with Crippen LogP contribution < -0.4 is 9.47 Å². The molecule has 1 N–H and O–H groups in total. The van der Waals surface area contributed by atoms with Crippen molar-refractivity contribution < 1.29 is 32.5 Å². The van der Waals surface area contributed by atoms with Crippen LogP contribution in [0.5, 0.6) is 11.5 Å². The number of rotatable bonds is 15. The van der Waals surface area contributed by atoms with E-state index in [0.29, 0.717) is 47.9 Å². The first-order valence-corrected chi connectivity index (χ1v) is 15.4. The van der Waals surface area contributed by atoms with E-state index in [1.54, 1.807) is 37.0 Å². The molecule has 0 amide bonds. The van der Waals surface area contributed by atoms with Crippen molar-refractivity contribution >= 4 is 27.0 Å². The number of carboxylic acids is 1. The second-order valence-corrected chi connectivity index (χ2v) is 12.4. The summed E-state index contributed by atoms with van der Waals surface area (Å²) in [6.45, 7) is 5.54. The summed E-state index contributed by atoms with van der Waals surface area (Å²) in [6.07, 6.45) is 0.757. The smallest absolute Gasteiger partial charge is 0.304 e. The number of hydrogen-bond acceptors (Lipinski definition) is 8. The number of ether oxygens (including phenoxy) is 3. The standard InChI is InChI=1S/C31H38N4O7S/c1-6-13-41-14-15-42-25-9-11-26(12-10-25)43(38,39)34(3)20-24-16-22(8-7-21(24)2)27(19-30(36)37)23-17-28-31(29(18-23)40-5)35(4)33-32-28/h7-12,16-18,27H,6,13-15,19-20H2,1-5H3,(H,36,37). The van der Waals surface area contributed by atoms with E-state index in [9.17, 15) is 18.3 Å². The maximum absolute atomic E-state index is 13.4. The Morgan fingerprint density at radius 3 is 2.47 bits per heavy atom. The first kappa shape index (κ1) is 31.9. The van der Waals surface area contributed by atoms with E-state index in [4.69, 9.17) is 14.2 Å². The van der Waals surface area contributed by atoms with Gasteiger partial charge in [-0.05, 0) is 72.0 Å². The molecule has 0 aliphatic carbocycles. The fourth-order valence-corrected chi connectivity index (χ4v) is 6.04. The highest BCUT2D eigenvalue weighted by Gasteiger charge is 2.25. The molecule has 0 aliphatic heterocycles. The molecule has 0 radical (unpaired) electrons. The van der Waals surface area contributed by atoms with Crippen molar-refractivity contribution in [3.63, 3.8) is 0 Å². The van der Waals surface area contributed by atoms with Crippen LogP contribution in [0, 0.1) is 6.92 Å². The van der Waals surface area contributed by atoms with Gasteiger partial charge in [0.05, 0.1) is 25.0 Å². The predicted octanol–water partition coefficient (Wildman–Crippen LogP) is 4.52. The SMILES string of the molecule is CCCOCCOc1ccc(S(=O)(=O)N(C)Cc2cc(C(CC(=O)O)c3cc(OC)c4c(c3)nnn4C)ccc2C)cc1. The Labute approximate surface area is 252 Å². The fourth-order valence-electron chi connectivity index (χ4n) is 4.89. The van der Waals surface area contributed by atoms with Crippen LogP contribution in [0.2, 0.25) is 0 Å². The molecule has 1 unspecified atom stereocenters. The highest BCUT2D eigenvalue weighted by molar-refractivity contribution is 7.89. The predicted molar refractivity (Wildman–Crippen MR) is 162 cm³/mol. The van der Waals surface area contributed by atoms with Gasteiger partial charge in [-0.1, -0.05) is 30.3 Å². The molecule has 1 heterocycles. The van der Waals surface area contributed by atoms with Crippen LogP contribution >= 0.6 is 0 Å². The molecule has 0 aliphatic rings. The van der Waals surface area contributed by atoms with Gasteiger partial charge < -0.3 is 19.3 Å². The van der Waals surface area contributed by atoms with Crippen molar-refractivity contribution in [1.29, 1.82) is 0 Å². The molecular weight excluding hydrogens is 572 g/mol. The van der Waals surface area contributed by atoms with E-state index >= 15 is 0 Å². The second-order valence-electron chi connectivity index (χ2n) is 10.3. The molecule has 12 heteroatoms. The van der Waals surface area contributed by atoms with E-state index in [1.165, 1.54) is 23.5 Å². The van der Waals surface area contributed by atoms with Crippen molar-refractivity contribution in [3.8, 4) is 11.5 Å². The number of benzene rings is 3. The van der Waals surface area contributed by atoms with Gasteiger partial charge in [-0.2, -0.15) is 4.31 Å². The Hall–Kier alpha value is -4.00. The van der Waals surface area contributed by atoms with Gasteiger partial charge in [-0.15, -0.1) is 5.10 Å². The molecule has 43 heavy (non-hydrogen) atoms. The Morgan fingerprint density at radius 2 is 1.79 bits per heavy atom. The molecule has 0 saturated heterocycles. The summed E-state index contributed by atoms with van der Waals surface area (Å²) in [5, 5.41) is 18.1. The lowest BCUT2D eigenvalue weighted by Gasteiger charge is -2.22. The maximum Gasteiger partial charge on any atom is 0.304 e. The third-order valence-electron chi connectivity index (χ3n) is 7.23. The molecule has 0 spiro atoms. The second kappa shape index (κ2) is 14.0. The van der Waals surface area contributed by atoms with Gasteiger partial charge >= 0.3 is 5.97 Å². The summed E-state index contributed by atoms with van der Waals surface area (Å²) < 4.78 is 46.4. The monoisotopic (exact) mass is 610 g/mol. The first-order chi connectivity index (χ1) is 20.5. The van der Waals surface area contributed by atoms with Gasteiger partial charge in [-0.3, -0.25) is 4.79 Å². The van der Waals surface area contributed by atoms with Gasteiger partial charge in [0.2, 0.25) is 10.0 Å². The lowest BCUT2D eigenvalue weighted by molar-refractivity contribution is -0.137. The Morgan fingerprint density at radius 1 is 1.05 bits per heavy atom. The minimum absolute atomic E-state index is 0.0985. The molecule has 4 rings (SSSR count). The minimum atomic E-state index is -3.81. The Bertz CT molecular complexity index is 1670. The van der Waals surface area contributed by atoms with Gasteiger partial charge in [0.15, 0.2) is 0 Å². The van der Waals surface area contributed by atoms with Crippen molar-refractivity contribution in [2.45, 2.75) is 44.0 Å². The topological polar surface area (TPSA) is 133 Å². The number of sulfonamides is 1. The average Bonchev–Trinajstić information content (AvgIpc) is 3.37. The van der Waals surface area contributed by atoms with Crippen molar-refractivity contribution in [3.05, 3.63) is 76.9 Å². The molecule has 0 fully saturated rings. The zero-order valence-electron chi connectivity index (χ0n) is 25.1. The van der Waals surface area contributed by atoms with Gasteiger partial charge in [-0.25, -0.2) is 13.1 Å².